The van der Waals surface area contributed by atoms with Gasteiger partial charge >= 0.3 is 0 Å². The van der Waals surface area contributed by atoms with Gasteiger partial charge in [-0.2, -0.15) is 9.65 Å². The maximum Gasteiger partial charge on any atom is 0.196 e. The van der Waals surface area contributed by atoms with Gasteiger partial charge in [0.05, 0.1) is 0 Å². The minimum atomic E-state index is -0.618. The van der Waals surface area contributed by atoms with Crippen molar-refractivity contribution < 1.29 is 4.39 Å². The van der Waals surface area contributed by atoms with Crippen molar-refractivity contribution in [2.45, 2.75) is 116 Å². The standard InChI is InChI=1S/C30H44FN/c1-2-3-4-5-6-8-24-11-15-26(16-12-24)28-19-21-29(22-20-28)27-17-13-25(14-18-27)9-7-10-30(31)23-32/h10-12,15-16,25,27-29H,2-9,13-14,17-22H2,1H3/t25-,27-,28-,29-. The van der Waals surface area contributed by atoms with Gasteiger partial charge in [-0.15, -0.1) is 0 Å². The lowest BCUT2D eigenvalue weighted by Crippen LogP contribution is -2.25. The molecule has 2 saturated carbocycles. The van der Waals surface area contributed by atoms with E-state index in [-0.39, 0.29) is 0 Å². The number of rotatable bonds is 11. The van der Waals surface area contributed by atoms with E-state index >= 15 is 0 Å². The molecule has 0 heterocycles. The Morgan fingerprint density at radius 2 is 1.53 bits per heavy atom. The van der Waals surface area contributed by atoms with Gasteiger partial charge in [-0.05, 0) is 105 Å². The van der Waals surface area contributed by atoms with Crippen LogP contribution >= 0.6 is 0 Å². The first kappa shape index (κ1) is 25.0. The molecule has 1 nitrogen and oxygen atoms in total. The Hall–Kier alpha value is -1.62. The van der Waals surface area contributed by atoms with Crippen LogP contribution in [0, 0.1) is 29.1 Å². The van der Waals surface area contributed by atoms with E-state index in [0.717, 1.165) is 36.5 Å². The Bertz CT molecular complexity index is 712. The number of allylic oxidation sites excluding steroid dienone is 2. The second-order valence-electron chi connectivity index (χ2n) is 10.5. The number of nitriles is 1. The molecule has 0 unspecified atom stereocenters. The molecule has 0 amide bonds. The highest BCUT2D eigenvalue weighted by Crippen LogP contribution is 2.44. The van der Waals surface area contributed by atoms with Crippen LogP contribution in [-0.4, -0.2) is 0 Å². The molecule has 176 valence electrons. The van der Waals surface area contributed by atoms with Crippen LogP contribution in [0.4, 0.5) is 4.39 Å². The van der Waals surface area contributed by atoms with Crippen molar-refractivity contribution >= 4 is 0 Å². The highest BCUT2D eigenvalue weighted by Gasteiger charge is 2.31. The summed E-state index contributed by atoms with van der Waals surface area (Å²) in [5, 5.41) is 8.52. The van der Waals surface area contributed by atoms with E-state index in [2.05, 4.69) is 31.2 Å². The van der Waals surface area contributed by atoms with Crippen molar-refractivity contribution in [2.24, 2.45) is 17.8 Å². The summed E-state index contributed by atoms with van der Waals surface area (Å²) in [6.45, 7) is 2.28. The second-order valence-corrected chi connectivity index (χ2v) is 10.5. The van der Waals surface area contributed by atoms with Crippen molar-refractivity contribution in [1.82, 2.24) is 0 Å². The number of hydrogen-bond donors (Lipinski definition) is 0. The number of halogens is 1. The van der Waals surface area contributed by atoms with Crippen LogP contribution in [0.5, 0.6) is 0 Å². The molecule has 0 spiro atoms. The molecular formula is C30H44FN. The van der Waals surface area contributed by atoms with Gasteiger partial charge in [0.2, 0.25) is 0 Å². The van der Waals surface area contributed by atoms with E-state index in [1.54, 1.807) is 11.6 Å². The molecule has 1 aromatic carbocycles. The maximum atomic E-state index is 13.0. The number of hydrogen-bond acceptors (Lipinski definition) is 1. The minimum Gasteiger partial charge on any atom is -0.195 e. The minimum absolute atomic E-state index is 0.618. The zero-order chi connectivity index (χ0) is 22.6. The summed E-state index contributed by atoms with van der Waals surface area (Å²) in [5.74, 6) is 2.71. The van der Waals surface area contributed by atoms with Gasteiger partial charge in [0.25, 0.3) is 0 Å². The molecule has 0 atom stereocenters. The SMILES string of the molecule is CCCCCCCc1ccc([C@H]2CC[C@H]([C@H]3CC[C@H](CCC=C(F)C#N)CC3)CC2)cc1. The second kappa shape index (κ2) is 13.8. The van der Waals surface area contributed by atoms with Crippen molar-refractivity contribution in [1.29, 1.82) is 5.26 Å². The summed E-state index contributed by atoms with van der Waals surface area (Å²) in [6.07, 6.45) is 22.1. The number of aryl methyl sites for hydroxylation is 1. The first-order chi connectivity index (χ1) is 15.7. The lowest BCUT2D eigenvalue weighted by atomic mass is 9.68. The zero-order valence-electron chi connectivity index (χ0n) is 20.3. The largest absolute Gasteiger partial charge is 0.196 e. The fourth-order valence-corrected chi connectivity index (χ4v) is 6.25. The monoisotopic (exact) mass is 437 g/mol. The van der Waals surface area contributed by atoms with Crippen LogP contribution in [0.2, 0.25) is 0 Å². The molecule has 1 aromatic rings. The number of unbranched alkanes of at least 4 members (excludes halogenated alkanes) is 4. The Kier molecular flexibility index (Phi) is 10.8. The molecule has 0 N–H and O–H groups in total. The molecule has 3 rings (SSSR count). The van der Waals surface area contributed by atoms with Crippen molar-refractivity contribution in [2.75, 3.05) is 0 Å². The predicted octanol–water partition coefficient (Wildman–Crippen LogP) is 9.44. The van der Waals surface area contributed by atoms with Gasteiger partial charge in [0.1, 0.15) is 6.07 Å². The van der Waals surface area contributed by atoms with Gasteiger partial charge in [0, 0.05) is 0 Å². The molecule has 0 saturated heterocycles. The van der Waals surface area contributed by atoms with Crippen LogP contribution in [0.15, 0.2) is 36.2 Å². The van der Waals surface area contributed by atoms with Crippen molar-refractivity contribution in [3.05, 3.63) is 47.3 Å². The van der Waals surface area contributed by atoms with Crippen molar-refractivity contribution in [3.8, 4) is 6.07 Å². The predicted molar refractivity (Wildman–Crippen MR) is 133 cm³/mol. The average Bonchev–Trinajstić information content (AvgIpc) is 2.85. The molecule has 2 aliphatic rings. The summed E-state index contributed by atoms with van der Waals surface area (Å²) in [6, 6.07) is 11.2. The third-order valence-electron chi connectivity index (χ3n) is 8.36. The number of nitrogens with zero attached hydrogens (tertiary/aromatic N) is 1. The zero-order valence-corrected chi connectivity index (χ0v) is 20.3. The van der Waals surface area contributed by atoms with Crippen molar-refractivity contribution in [3.63, 3.8) is 0 Å². The maximum absolute atomic E-state index is 13.0. The first-order valence-corrected chi connectivity index (χ1v) is 13.5. The molecule has 2 fully saturated rings. The van der Waals surface area contributed by atoms with Crippen LogP contribution in [-0.2, 0) is 6.42 Å². The summed E-state index contributed by atoms with van der Waals surface area (Å²) in [4.78, 5) is 0. The van der Waals surface area contributed by atoms with E-state index in [1.165, 1.54) is 102 Å². The summed E-state index contributed by atoms with van der Waals surface area (Å²) in [7, 11) is 0. The fraction of sp³-hybridized carbons (Fsp3) is 0.700. The molecule has 0 aromatic heterocycles. The lowest BCUT2D eigenvalue weighted by molar-refractivity contribution is 0.157. The quantitative estimate of drug-likeness (QED) is 0.250. The van der Waals surface area contributed by atoms with E-state index in [0.29, 0.717) is 0 Å². The smallest absolute Gasteiger partial charge is 0.195 e. The summed E-state index contributed by atoms with van der Waals surface area (Å²) in [5.41, 5.74) is 3.08. The Morgan fingerprint density at radius 1 is 0.906 bits per heavy atom. The first-order valence-electron chi connectivity index (χ1n) is 13.5. The molecule has 2 aliphatic carbocycles. The number of benzene rings is 1. The molecule has 32 heavy (non-hydrogen) atoms. The molecule has 2 heteroatoms. The van der Waals surface area contributed by atoms with E-state index in [4.69, 9.17) is 5.26 Å². The molecule has 0 aliphatic heterocycles. The Balaban J connectivity index is 1.34. The van der Waals surface area contributed by atoms with Crippen LogP contribution < -0.4 is 0 Å². The molecule has 0 bridgehead atoms. The lowest BCUT2D eigenvalue weighted by Gasteiger charge is -2.38. The van der Waals surface area contributed by atoms with Gasteiger partial charge in [-0.3, -0.25) is 0 Å². The normalized spacial score (nSPS) is 26.6. The van der Waals surface area contributed by atoms with E-state index in [1.807, 2.05) is 0 Å². The van der Waals surface area contributed by atoms with Gasteiger partial charge in [0.15, 0.2) is 5.83 Å². The molecule has 0 radical (unpaired) electrons. The van der Waals surface area contributed by atoms with E-state index < -0.39 is 5.83 Å². The van der Waals surface area contributed by atoms with Gasteiger partial charge in [-0.25, -0.2) is 0 Å². The van der Waals surface area contributed by atoms with Crippen LogP contribution in [0.3, 0.4) is 0 Å². The summed E-state index contributed by atoms with van der Waals surface area (Å²) >= 11 is 0. The van der Waals surface area contributed by atoms with E-state index in [9.17, 15) is 4.39 Å². The Labute approximate surface area is 196 Å². The Morgan fingerprint density at radius 3 is 2.16 bits per heavy atom. The topological polar surface area (TPSA) is 23.8 Å². The third kappa shape index (κ3) is 8.06. The molecular weight excluding hydrogens is 393 g/mol. The van der Waals surface area contributed by atoms with Gasteiger partial charge < -0.3 is 0 Å². The highest BCUT2D eigenvalue weighted by atomic mass is 19.1. The third-order valence-corrected chi connectivity index (χ3v) is 8.36. The van der Waals surface area contributed by atoms with Gasteiger partial charge in [-0.1, -0.05) is 69.7 Å². The highest BCUT2D eigenvalue weighted by molar-refractivity contribution is 5.26. The average molecular weight is 438 g/mol. The summed E-state index contributed by atoms with van der Waals surface area (Å²) < 4.78 is 13.0. The van der Waals surface area contributed by atoms with Crippen LogP contribution in [0.25, 0.3) is 0 Å². The fourth-order valence-electron chi connectivity index (χ4n) is 6.25. The van der Waals surface area contributed by atoms with Crippen LogP contribution in [0.1, 0.15) is 120 Å².